The van der Waals surface area contributed by atoms with Crippen molar-refractivity contribution in [1.82, 2.24) is 4.90 Å². The Bertz CT molecular complexity index is 445. The number of benzene rings is 1. The molecular weight excluding hydrogens is 226 g/mol. The van der Waals surface area contributed by atoms with E-state index in [9.17, 15) is 4.79 Å². The zero-order valence-electron chi connectivity index (χ0n) is 10.8. The molecule has 0 aromatic heterocycles. The lowest BCUT2D eigenvalue weighted by molar-refractivity contribution is 0.0238. The zero-order valence-corrected chi connectivity index (χ0v) is 10.8. The molecule has 1 aromatic rings. The lowest BCUT2D eigenvalue weighted by Gasteiger charge is -2.35. The summed E-state index contributed by atoms with van der Waals surface area (Å²) in [6.07, 6.45) is 4.28. The zero-order chi connectivity index (χ0) is 12.6. The van der Waals surface area contributed by atoms with Crippen LogP contribution in [0.1, 0.15) is 38.2 Å². The van der Waals surface area contributed by atoms with Crippen molar-refractivity contribution in [2.45, 2.75) is 50.8 Å². The van der Waals surface area contributed by atoms with Crippen LogP contribution in [0.15, 0.2) is 30.3 Å². The summed E-state index contributed by atoms with van der Waals surface area (Å²) in [5.41, 5.74) is 0.911. The van der Waals surface area contributed by atoms with Crippen molar-refractivity contribution in [2.24, 2.45) is 0 Å². The molecule has 0 unspecified atom stereocenters. The van der Waals surface area contributed by atoms with E-state index >= 15 is 0 Å². The van der Waals surface area contributed by atoms with Gasteiger partial charge >= 0.3 is 6.09 Å². The number of rotatable bonds is 2. The first-order valence-electron chi connectivity index (χ1n) is 6.73. The Labute approximate surface area is 108 Å². The number of carbonyl (C=O) groups excluding carboxylic acids is 1. The SMILES string of the molecule is C[C@]12CCCC[C@H]1N(Cc1ccccc1)C(=O)O2. The highest BCUT2D eigenvalue weighted by Gasteiger charge is 2.51. The van der Waals surface area contributed by atoms with Gasteiger partial charge < -0.3 is 4.74 Å². The summed E-state index contributed by atoms with van der Waals surface area (Å²) in [5, 5.41) is 0. The molecule has 3 heteroatoms. The van der Waals surface area contributed by atoms with E-state index in [2.05, 4.69) is 19.1 Å². The van der Waals surface area contributed by atoms with Gasteiger partial charge in [-0.1, -0.05) is 36.8 Å². The highest BCUT2D eigenvalue weighted by atomic mass is 16.6. The first-order valence-corrected chi connectivity index (χ1v) is 6.73. The molecule has 1 aliphatic carbocycles. The third kappa shape index (κ3) is 1.88. The summed E-state index contributed by atoms with van der Waals surface area (Å²) >= 11 is 0. The number of carbonyl (C=O) groups is 1. The highest BCUT2D eigenvalue weighted by Crippen LogP contribution is 2.41. The maximum Gasteiger partial charge on any atom is 0.411 e. The largest absolute Gasteiger partial charge is 0.441 e. The lowest BCUT2D eigenvalue weighted by atomic mass is 9.81. The van der Waals surface area contributed by atoms with Gasteiger partial charge in [0.1, 0.15) is 5.60 Å². The van der Waals surface area contributed by atoms with Crippen molar-refractivity contribution in [2.75, 3.05) is 0 Å². The topological polar surface area (TPSA) is 29.5 Å². The molecule has 18 heavy (non-hydrogen) atoms. The number of nitrogens with zero attached hydrogens (tertiary/aromatic N) is 1. The smallest absolute Gasteiger partial charge is 0.411 e. The van der Waals surface area contributed by atoms with E-state index < -0.39 is 0 Å². The van der Waals surface area contributed by atoms with Crippen molar-refractivity contribution >= 4 is 6.09 Å². The van der Waals surface area contributed by atoms with Gasteiger partial charge in [-0.25, -0.2) is 4.79 Å². The molecule has 2 atom stereocenters. The van der Waals surface area contributed by atoms with Gasteiger partial charge in [0.25, 0.3) is 0 Å². The number of fused-ring (bicyclic) bond motifs is 1. The van der Waals surface area contributed by atoms with E-state index in [0.717, 1.165) is 12.8 Å². The van der Waals surface area contributed by atoms with Crippen molar-refractivity contribution < 1.29 is 9.53 Å². The fourth-order valence-electron chi connectivity index (χ4n) is 3.23. The molecule has 1 amide bonds. The Balaban J connectivity index is 1.81. The molecule has 3 rings (SSSR count). The molecule has 1 saturated heterocycles. The molecule has 0 N–H and O–H groups in total. The van der Waals surface area contributed by atoms with E-state index in [0.29, 0.717) is 6.54 Å². The summed E-state index contributed by atoms with van der Waals surface area (Å²) in [4.78, 5) is 14.0. The van der Waals surface area contributed by atoms with Crippen molar-refractivity contribution in [3.05, 3.63) is 35.9 Å². The van der Waals surface area contributed by atoms with Crippen molar-refractivity contribution in [1.29, 1.82) is 0 Å². The number of hydrogen-bond acceptors (Lipinski definition) is 2. The Morgan fingerprint density at radius 1 is 1.33 bits per heavy atom. The van der Waals surface area contributed by atoms with Crippen LogP contribution >= 0.6 is 0 Å². The maximum atomic E-state index is 12.1. The number of ether oxygens (including phenoxy) is 1. The molecule has 0 spiro atoms. The predicted molar refractivity (Wildman–Crippen MR) is 69.1 cm³/mol. The van der Waals surface area contributed by atoms with Gasteiger partial charge in [-0.05, 0) is 31.7 Å². The van der Waals surface area contributed by atoms with Gasteiger partial charge in [0.15, 0.2) is 0 Å². The predicted octanol–water partition coefficient (Wildman–Crippen LogP) is 3.34. The van der Waals surface area contributed by atoms with Crippen LogP contribution in [-0.2, 0) is 11.3 Å². The quantitative estimate of drug-likeness (QED) is 0.799. The van der Waals surface area contributed by atoms with E-state index in [1.54, 1.807) is 0 Å². The molecule has 1 aromatic carbocycles. The van der Waals surface area contributed by atoms with Gasteiger partial charge in [0.05, 0.1) is 6.04 Å². The lowest BCUT2D eigenvalue weighted by Crippen LogP contribution is -2.45. The molecular formula is C15H19NO2. The summed E-state index contributed by atoms with van der Waals surface area (Å²) in [6.45, 7) is 2.75. The standard InChI is InChI=1S/C15H19NO2/c1-15-10-6-5-9-13(15)16(14(17)18-15)11-12-7-3-2-4-8-12/h2-4,7-8,13H,5-6,9-11H2,1H3/t13-,15+/m1/s1. The minimum atomic E-state index is -0.260. The Morgan fingerprint density at radius 3 is 2.89 bits per heavy atom. The minimum Gasteiger partial charge on any atom is -0.441 e. The van der Waals surface area contributed by atoms with Crippen LogP contribution < -0.4 is 0 Å². The summed E-state index contributed by atoms with van der Waals surface area (Å²) in [5.74, 6) is 0. The van der Waals surface area contributed by atoms with Gasteiger partial charge in [-0.15, -0.1) is 0 Å². The molecule has 0 bridgehead atoms. The molecule has 2 aliphatic rings. The van der Waals surface area contributed by atoms with Gasteiger partial charge in [-0.2, -0.15) is 0 Å². The van der Waals surface area contributed by atoms with Crippen LogP contribution in [0.4, 0.5) is 4.79 Å². The first kappa shape index (κ1) is 11.6. The Kier molecular flexibility index (Phi) is 2.77. The van der Waals surface area contributed by atoms with E-state index in [1.165, 1.54) is 18.4 Å². The molecule has 96 valence electrons. The van der Waals surface area contributed by atoms with Gasteiger partial charge in [-0.3, -0.25) is 4.90 Å². The third-order valence-corrected chi connectivity index (χ3v) is 4.23. The third-order valence-electron chi connectivity index (χ3n) is 4.23. The van der Waals surface area contributed by atoms with Gasteiger partial charge in [0.2, 0.25) is 0 Å². The van der Waals surface area contributed by atoms with Crippen LogP contribution in [0, 0.1) is 0 Å². The van der Waals surface area contributed by atoms with Crippen LogP contribution in [0.5, 0.6) is 0 Å². The fraction of sp³-hybridized carbons (Fsp3) is 0.533. The molecule has 1 heterocycles. The van der Waals surface area contributed by atoms with Crippen LogP contribution in [0.25, 0.3) is 0 Å². The molecule has 2 fully saturated rings. The monoisotopic (exact) mass is 245 g/mol. The highest BCUT2D eigenvalue weighted by molar-refractivity contribution is 5.71. The van der Waals surface area contributed by atoms with Crippen LogP contribution in [0.2, 0.25) is 0 Å². The number of amides is 1. The van der Waals surface area contributed by atoms with Crippen LogP contribution in [-0.4, -0.2) is 22.6 Å². The average Bonchev–Trinajstić information content (AvgIpc) is 2.62. The minimum absolute atomic E-state index is 0.145. The fourth-order valence-corrected chi connectivity index (χ4v) is 3.23. The second-order valence-corrected chi connectivity index (χ2v) is 5.56. The Hall–Kier alpha value is -1.51. The second kappa shape index (κ2) is 4.30. The molecule has 1 saturated carbocycles. The summed E-state index contributed by atoms with van der Waals surface area (Å²) < 4.78 is 5.62. The molecule has 3 nitrogen and oxygen atoms in total. The van der Waals surface area contributed by atoms with E-state index in [4.69, 9.17) is 4.74 Å². The molecule has 0 radical (unpaired) electrons. The molecule has 1 aliphatic heterocycles. The van der Waals surface area contributed by atoms with Crippen LogP contribution in [0.3, 0.4) is 0 Å². The average molecular weight is 245 g/mol. The summed E-state index contributed by atoms with van der Waals surface area (Å²) in [6, 6.07) is 10.4. The van der Waals surface area contributed by atoms with E-state index in [1.807, 2.05) is 23.1 Å². The van der Waals surface area contributed by atoms with Crippen molar-refractivity contribution in [3.8, 4) is 0 Å². The maximum absolute atomic E-state index is 12.1. The van der Waals surface area contributed by atoms with E-state index in [-0.39, 0.29) is 17.7 Å². The van der Waals surface area contributed by atoms with Gasteiger partial charge in [0, 0.05) is 6.54 Å². The van der Waals surface area contributed by atoms with Crippen molar-refractivity contribution in [3.63, 3.8) is 0 Å². The second-order valence-electron chi connectivity index (χ2n) is 5.56. The summed E-state index contributed by atoms with van der Waals surface area (Å²) in [7, 11) is 0. The first-order chi connectivity index (χ1) is 8.69. The Morgan fingerprint density at radius 2 is 2.11 bits per heavy atom. The normalized spacial score (nSPS) is 31.1. The number of hydrogen-bond donors (Lipinski definition) is 0.